The minimum absolute atomic E-state index is 0.131. The largest absolute Gasteiger partial charge is 0.497 e. The van der Waals surface area contributed by atoms with Gasteiger partial charge in [-0.05, 0) is 34.1 Å². The Morgan fingerprint density at radius 3 is 2.72 bits per heavy atom. The van der Waals surface area contributed by atoms with Gasteiger partial charge in [-0.2, -0.15) is 0 Å². The first kappa shape index (κ1) is 13.4. The van der Waals surface area contributed by atoms with E-state index in [0.717, 1.165) is 20.8 Å². The standard InChI is InChI=1S/C13H14BrNO2S/c1-16-10-3-2-4-11(6-10)17-12(7-15)13-5-9(14)8-18-13/h2-6,8,12H,7,15H2,1H3. The van der Waals surface area contributed by atoms with Crippen molar-refractivity contribution in [3.63, 3.8) is 0 Å². The third-order valence-electron chi connectivity index (χ3n) is 2.44. The van der Waals surface area contributed by atoms with Crippen molar-refractivity contribution in [2.24, 2.45) is 5.73 Å². The predicted molar refractivity (Wildman–Crippen MR) is 77.4 cm³/mol. The van der Waals surface area contributed by atoms with E-state index < -0.39 is 0 Å². The summed E-state index contributed by atoms with van der Waals surface area (Å²) in [5.74, 6) is 1.53. The Kier molecular flexibility index (Phi) is 4.63. The molecule has 0 aliphatic carbocycles. The molecule has 96 valence electrons. The Hall–Kier alpha value is -1.04. The summed E-state index contributed by atoms with van der Waals surface area (Å²) in [5, 5.41) is 2.02. The third kappa shape index (κ3) is 3.25. The number of thiophene rings is 1. The number of methoxy groups -OCH3 is 1. The van der Waals surface area contributed by atoms with E-state index in [2.05, 4.69) is 15.9 Å². The molecule has 0 amide bonds. The maximum atomic E-state index is 5.89. The highest BCUT2D eigenvalue weighted by Crippen LogP contribution is 2.30. The number of ether oxygens (including phenoxy) is 2. The van der Waals surface area contributed by atoms with Gasteiger partial charge in [-0.25, -0.2) is 0 Å². The molecule has 1 aromatic carbocycles. The third-order valence-corrected chi connectivity index (χ3v) is 4.22. The van der Waals surface area contributed by atoms with Gasteiger partial charge >= 0.3 is 0 Å². The van der Waals surface area contributed by atoms with Crippen molar-refractivity contribution < 1.29 is 9.47 Å². The van der Waals surface area contributed by atoms with Crippen LogP contribution in [0, 0.1) is 0 Å². The van der Waals surface area contributed by atoms with Crippen molar-refractivity contribution in [3.05, 3.63) is 45.1 Å². The van der Waals surface area contributed by atoms with Gasteiger partial charge in [0, 0.05) is 27.3 Å². The van der Waals surface area contributed by atoms with E-state index in [1.54, 1.807) is 18.4 Å². The summed E-state index contributed by atoms with van der Waals surface area (Å²) >= 11 is 5.06. The van der Waals surface area contributed by atoms with E-state index in [1.807, 2.05) is 35.7 Å². The van der Waals surface area contributed by atoms with Gasteiger partial charge in [0.05, 0.1) is 7.11 Å². The number of rotatable bonds is 5. The van der Waals surface area contributed by atoms with E-state index in [-0.39, 0.29) is 6.10 Å². The maximum Gasteiger partial charge on any atom is 0.145 e. The monoisotopic (exact) mass is 327 g/mol. The van der Waals surface area contributed by atoms with Crippen LogP contribution in [0.3, 0.4) is 0 Å². The molecule has 2 aromatic rings. The van der Waals surface area contributed by atoms with Crippen molar-refractivity contribution in [1.82, 2.24) is 0 Å². The van der Waals surface area contributed by atoms with Crippen LogP contribution in [0.5, 0.6) is 11.5 Å². The Labute approximate surface area is 119 Å². The van der Waals surface area contributed by atoms with Crippen molar-refractivity contribution in [2.45, 2.75) is 6.10 Å². The lowest BCUT2D eigenvalue weighted by Crippen LogP contribution is -2.17. The Bertz CT molecular complexity index is 515. The van der Waals surface area contributed by atoms with Gasteiger partial charge in [-0.1, -0.05) is 6.07 Å². The first-order valence-electron chi connectivity index (χ1n) is 5.47. The second kappa shape index (κ2) is 6.22. The number of hydrogen-bond acceptors (Lipinski definition) is 4. The highest BCUT2D eigenvalue weighted by Gasteiger charge is 2.14. The Balaban J connectivity index is 2.14. The molecule has 0 aliphatic heterocycles. The lowest BCUT2D eigenvalue weighted by molar-refractivity contribution is 0.217. The summed E-state index contributed by atoms with van der Waals surface area (Å²) in [7, 11) is 1.63. The molecule has 0 bridgehead atoms. The van der Waals surface area contributed by atoms with Crippen molar-refractivity contribution in [1.29, 1.82) is 0 Å². The molecular formula is C13H14BrNO2S. The molecule has 1 unspecified atom stereocenters. The van der Waals surface area contributed by atoms with Crippen LogP contribution in [-0.4, -0.2) is 13.7 Å². The van der Waals surface area contributed by atoms with E-state index in [9.17, 15) is 0 Å². The van der Waals surface area contributed by atoms with E-state index in [1.165, 1.54) is 0 Å². The maximum absolute atomic E-state index is 5.89. The molecule has 0 saturated carbocycles. The zero-order valence-electron chi connectivity index (χ0n) is 9.93. The topological polar surface area (TPSA) is 44.5 Å². The number of hydrogen-bond donors (Lipinski definition) is 1. The fourth-order valence-corrected chi connectivity index (χ4v) is 3.04. The molecule has 1 aromatic heterocycles. The molecule has 0 aliphatic rings. The van der Waals surface area contributed by atoms with Crippen LogP contribution in [-0.2, 0) is 0 Å². The molecule has 0 spiro atoms. The number of halogens is 1. The summed E-state index contributed by atoms with van der Waals surface area (Å²) < 4.78 is 12.1. The molecule has 0 radical (unpaired) electrons. The first-order valence-corrected chi connectivity index (χ1v) is 7.15. The quantitative estimate of drug-likeness (QED) is 0.912. The molecular weight excluding hydrogens is 314 g/mol. The zero-order valence-corrected chi connectivity index (χ0v) is 12.3. The van der Waals surface area contributed by atoms with Gasteiger partial charge in [0.25, 0.3) is 0 Å². The summed E-state index contributed by atoms with van der Waals surface area (Å²) in [6.07, 6.45) is -0.131. The fraction of sp³-hybridized carbons (Fsp3) is 0.231. The number of benzene rings is 1. The second-order valence-corrected chi connectivity index (χ2v) is 5.55. The minimum Gasteiger partial charge on any atom is -0.497 e. The highest BCUT2D eigenvalue weighted by atomic mass is 79.9. The highest BCUT2D eigenvalue weighted by molar-refractivity contribution is 9.10. The first-order chi connectivity index (χ1) is 8.72. The fourth-order valence-electron chi connectivity index (χ4n) is 1.56. The Morgan fingerprint density at radius 1 is 1.33 bits per heavy atom. The smallest absolute Gasteiger partial charge is 0.145 e. The van der Waals surface area contributed by atoms with Crippen molar-refractivity contribution in [2.75, 3.05) is 13.7 Å². The molecule has 1 heterocycles. The molecule has 2 rings (SSSR count). The molecule has 0 fully saturated rings. The van der Waals surface area contributed by atoms with Gasteiger partial charge < -0.3 is 15.2 Å². The average Bonchev–Trinajstić information content (AvgIpc) is 2.82. The van der Waals surface area contributed by atoms with Crippen LogP contribution in [0.25, 0.3) is 0 Å². The minimum atomic E-state index is -0.131. The molecule has 1 atom stereocenters. The average molecular weight is 328 g/mol. The van der Waals surface area contributed by atoms with Crippen LogP contribution >= 0.6 is 27.3 Å². The van der Waals surface area contributed by atoms with Crippen molar-refractivity contribution in [3.8, 4) is 11.5 Å². The SMILES string of the molecule is COc1cccc(OC(CN)c2cc(Br)cs2)c1. The van der Waals surface area contributed by atoms with Gasteiger partial charge in [0.1, 0.15) is 17.6 Å². The van der Waals surface area contributed by atoms with Crippen LogP contribution in [0.4, 0.5) is 0 Å². The van der Waals surface area contributed by atoms with Crippen molar-refractivity contribution >= 4 is 27.3 Å². The van der Waals surface area contributed by atoms with E-state index >= 15 is 0 Å². The van der Waals surface area contributed by atoms with Gasteiger partial charge in [0.15, 0.2) is 0 Å². The normalized spacial score (nSPS) is 12.2. The molecule has 5 heteroatoms. The van der Waals surface area contributed by atoms with Gasteiger partial charge in [0.2, 0.25) is 0 Å². The molecule has 3 nitrogen and oxygen atoms in total. The lowest BCUT2D eigenvalue weighted by Gasteiger charge is -2.16. The van der Waals surface area contributed by atoms with E-state index in [0.29, 0.717) is 6.54 Å². The Morgan fingerprint density at radius 2 is 2.11 bits per heavy atom. The number of nitrogens with two attached hydrogens (primary N) is 1. The molecule has 2 N–H and O–H groups in total. The summed E-state index contributed by atoms with van der Waals surface area (Å²) in [6, 6.07) is 9.56. The molecule has 18 heavy (non-hydrogen) atoms. The zero-order chi connectivity index (χ0) is 13.0. The van der Waals surface area contributed by atoms with Gasteiger partial charge in [-0.15, -0.1) is 11.3 Å². The molecule has 0 saturated heterocycles. The summed E-state index contributed by atoms with van der Waals surface area (Å²) in [5.41, 5.74) is 5.77. The van der Waals surface area contributed by atoms with Crippen LogP contribution < -0.4 is 15.2 Å². The van der Waals surface area contributed by atoms with Crippen LogP contribution in [0.2, 0.25) is 0 Å². The van der Waals surface area contributed by atoms with E-state index in [4.69, 9.17) is 15.2 Å². The summed E-state index contributed by atoms with van der Waals surface area (Å²) in [6.45, 7) is 0.435. The van der Waals surface area contributed by atoms with Crippen LogP contribution in [0.1, 0.15) is 11.0 Å². The lowest BCUT2D eigenvalue weighted by atomic mass is 10.2. The second-order valence-electron chi connectivity index (χ2n) is 3.69. The predicted octanol–water partition coefficient (Wildman–Crippen LogP) is 3.60. The summed E-state index contributed by atoms with van der Waals surface area (Å²) in [4.78, 5) is 1.10. The van der Waals surface area contributed by atoms with Gasteiger partial charge in [-0.3, -0.25) is 0 Å². The van der Waals surface area contributed by atoms with Crippen LogP contribution in [0.15, 0.2) is 40.2 Å².